The van der Waals surface area contributed by atoms with E-state index in [1.54, 1.807) is 0 Å². The van der Waals surface area contributed by atoms with Crippen LogP contribution in [0.3, 0.4) is 0 Å². The van der Waals surface area contributed by atoms with Gasteiger partial charge in [-0.3, -0.25) is 9.59 Å². The van der Waals surface area contributed by atoms with Gasteiger partial charge in [-0.15, -0.1) is 0 Å². The zero-order chi connectivity index (χ0) is 18.4. The molecular formula is C21H24N2O3. The molecule has 3 rings (SSSR count). The fourth-order valence-corrected chi connectivity index (χ4v) is 3.11. The Morgan fingerprint density at radius 1 is 0.962 bits per heavy atom. The molecule has 5 nitrogen and oxygen atoms in total. The normalized spacial score (nSPS) is 19.3. The molecule has 26 heavy (non-hydrogen) atoms. The molecule has 0 bridgehead atoms. The van der Waals surface area contributed by atoms with Gasteiger partial charge in [-0.1, -0.05) is 54.6 Å². The summed E-state index contributed by atoms with van der Waals surface area (Å²) < 4.78 is 0. The summed E-state index contributed by atoms with van der Waals surface area (Å²) in [5, 5.41) is 15.6. The van der Waals surface area contributed by atoms with Crippen molar-refractivity contribution in [3.63, 3.8) is 0 Å². The lowest BCUT2D eigenvalue weighted by Gasteiger charge is -2.13. The maximum absolute atomic E-state index is 12.3. The quantitative estimate of drug-likeness (QED) is 0.666. The first-order valence-corrected chi connectivity index (χ1v) is 8.97. The van der Waals surface area contributed by atoms with E-state index in [-0.39, 0.29) is 30.4 Å². The molecule has 1 aliphatic heterocycles. The van der Waals surface area contributed by atoms with E-state index in [9.17, 15) is 14.7 Å². The van der Waals surface area contributed by atoms with E-state index in [0.29, 0.717) is 25.2 Å². The molecule has 0 aromatic heterocycles. The molecule has 2 aromatic rings. The Balaban J connectivity index is 1.46. The standard InChI is InChI=1S/C21H24N2O3/c24-19(10-11-21(26)23-13-18-12-22-14-20(18)25)17-8-6-16(7-9-17)15-4-2-1-3-5-15/h1-9,18,20,22,25H,10-14H2,(H,23,26). The highest BCUT2D eigenvalue weighted by molar-refractivity contribution is 5.98. The molecule has 1 heterocycles. The van der Waals surface area contributed by atoms with Gasteiger partial charge in [0.15, 0.2) is 5.78 Å². The van der Waals surface area contributed by atoms with Gasteiger partial charge in [0.05, 0.1) is 6.10 Å². The SMILES string of the molecule is O=C(CCC(=O)c1ccc(-c2ccccc2)cc1)NCC1CNCC1O. The number of carbonyl (C=O) groups excluding carboxylic acids is 2. The van der Waals surface area contributed by atoms with Gasteiger partial charge in [-0.2, -0.15) is 0 Å². The van der Waals surface area contributed by atoms with Crippen molar-refractivity contribution in [3.05, 3.63) is 60.2 Å². The van der Waals surface area contributed by atoms with Crippen LogP contribution in [0, 0.1) is 5.92 Å². The Hall–Kier alpha value is -2.50. The van der Waals surface area contributed by atoms with E-state index < -0.39 is 6.10 Å². The van der Waals surface area contributed by atoms with Crippen molar-refractivity contribution in [2.45, 2.75) is 18.9 Å². The fraction of sp³-hybridized carbons (Fsp3) is 0.333. The van der Waals surface area contributed by atoms with Crippen LogP contribution >= 0.6 is 0 Å². The first-order valence-electron chi connectivity index (χ1n) is 8.97. The summed E-state index contributed by atoms with van der Waals surface area (Å²) >= 11 is 0. The molecular weight excluding hydrogens is 328 g/mol. The van der Waals surface area contributed by atoms with E-state index in [1.807, 2.05) is 54.6 Å². The van der Waals surface area contributed by atoms with Crippen molar-refractivity contribution >= 4 is 11.7 Å². The third-order valence-corrected chi connectivity index (χ3v) is 4.76. The summed E-state index contributed by atoms with van der Waals surface area (Å²) in [5.74, 6) is -0.152. The van der Waals surface area contributed by atoms with Gasteiger partial charge in [-0.05, 0) is 11.1 Å². The number of rotatable bonds is 7. The Bertz CT molecular complexity index is 744. The van der Waals surface area contributed by atoms with Crippen LogP contribution in [0.25, 0.3) is 11.1 Å². The average molecular weight is 352 g/mol. The maximum atomic E-state index is 12.3. The van der Waals surface area contributed by atoms with Crippen LogP contribution in [0.5, 0.6) is 0 Å². The summed E-state index contributed by atoms with van der Waals surface area (Å²) in [6.07, 6.45) is -0.0719. The number of carbonyl (C=O) groups is 2. The molecule has 2 unspecified atom stereocenters. The number of benzene rings is 2. The monoisotopic (exact) mass is 352 g/mol. The molecule has 2 aromatic carbocycles. The second-order valence-electron chi connectivity index (χ2n) is 6.66. The predicted octanol–water partition coefficient (Wildman–Crippen LogP) is 2.01. The Kier molecular flexibility index (Phi) is 6.15. The van der Waals surface area contributed by atoms with E-state index >= 15 is 0 Å². The average Bonchev–Trinajstić information content (AvgIpc) is 3.10. The lowest BCUT2D eigenvalue weighted by molar-refractivity contribution is -0.121. The predicted molar refractivity (Wildman–Crippen MR) is 101 cm³/mol. The minimum absolute atomic E-state index is 0.0395. The highest BCUT2D eigenvalue weighted by atomic mass is 16.3. The molecule has 136 valence electrons. The first-order chi connectivity index (χ1) is 12.6. The fourth-order valence-electron chi connectivity index (χ4n) is 3.11. The van der Waals surface area contributed by atoms with Gasteiger partial charge in [-0.25, -0.2) is 0 Å². The van der Waals surface area contributed by atoms with Gasteiger partial charge in [0, 0.05) is 44.0 Å². The summed E-state index contributed by atoms with van der Waals surface area (Å²) in [7, 11) is 0. The smallest absolute Gasteiger partial charge is 0.220 e. The van der Waals surface area contributed by atoms with E-state index in [0.717, 1.165) is 11.1 Å². The number of aliphatic hydroxyl groups is 1. The molecule has 1 fully saturated rings. The molecule has 2 atom stereocenters. The van der Waals surface area contributed by atoms with Crippen molar-refractivity contribution < 1.29 is 14.7 Å². The highest BCUT2D eigenvalue weighted by Crippen LogP contribution is 2.20. The molecule has 0 saturated carbocycles. The van der Waals surface area contributed by atoms with E-state index in [1.165, 1.54) is 0 Å². The second kappa shape index (κ2) is 8.74. The molecule has 0 radical (unpaired) electrons. The number of amides is 1. The van der Waals surface area contributed by atoms with Crippen molar-refractivity contribution in [2.75, 3.05) is 19.6 Å². The first kappa shape index (κ1) is 18.3. The molecule has 1 amide bonds. The van der Waals surface area contributed by atoms with Gasteiger partial charge < -0.3 is 15.7 Å². The van der Waals surface area contributed by atoms with Crippen LogP contribution in [0.15, 0.2) is 54.6 Å². The van der Waals surface area contributed by atoms with Gasteiger partial charge in [0.2, 0.25) is 5.91 Å². The van der Waals surface area contributed by atoms with Crippen LogP contribution in [-0.4, -0.2) is 42.5 Å². The Morgan fingerprint density at radius 3 is 2.31 bits per heavy atom. The number of hydrogen-bond acceptors (Lipinski definition) is 4. The Labute approximate surface area is 153 Å². The van der Waals surface area contributed by atoms with Crippen LogP contribution in [-0.2, 0) is 4.79 Å². The number of Topliss-reactive ketones (excluding diaryl/α,β-unsaturated/α-hetero) is 1. The number of hydrogen-bond donors (Lipinski definition) is 3. The van der Waals surface area contributed by atoms with Gasteiger partial charge in [0.25, 0.3) is 0 Å². The summed E-state index contributed by atoms with van der Waals surface area (Å²) in [5.41, 5.74) is 2.78. The van der Waals surface area contributed by atoms with Gasteiger partial charge >= 0.3 is 0 Å². The zero-order valence-electron chi connectivity index (χ0n) is 14.7. The van der Waals surface area contributed by atoms with Crippen molar-refractivity contribution in [1.82, 2.24) is 10.6 Å². The third kappa shape index (κ3) is 4.77. The largest absolute Gasteiger partial charge is 0.391 e. The number of nitrogens with one attached hydrogen (secondary N) is 2. The van der Waals surface area contributed by atoms with Crippen molar-refractivity contribution in [1.29, 1.82) is 0 Å². The summed E-state index contributed by atoms with van der Waals surface area (Å²) in [4.78, 5) is 24.2. The highest BCUT2D eigenvalue weighted by Gasteiger charge is 2.25. The molecule has 3 N–H and O–H groups in total. The lowest BCUT2D eigenvalue weighted by atomic mass is 10.0. The lowest BCUT2D eigenvalue weighted by Crippen LogP contribution is -2.34. The summed E-state index contributed by atoms with van der Waals surface area (Å²) in [6, 6.07) is 17.5. The maximum Gasteiger partial charge on any atom is 0.220 e. The third-order valence-electron chi connectivity index (χ3n) is 4.76. The molecule has 5 heteroatoms. The van der Waals surface area contributed by atoms with Crippen LogP contribution < -0.4 is 10.6 Å². The van der Waals surface area contributed by atoms with Crippen LogP contribution in [0.4, 0.5) is 0 Å². The minimum atomic E-state index is -0.417. The van der Waals surface area contributed by atoms with E-state index in [2.05, 4.69) is 10.6 Å². The minimum Gasteiger partial charge on any atom is -0.391 e. The summed E-state index contributed by atoms with van der Waals surface area (Å²) in [6.45, 7) is 1.71. The molecule has 0 aliphatic carbocycles. The molecule has 1 aliphatic rings. The number of ketones is 1. The van der Waals surface area contributed by atoms with Crippen molar-refractivity contribution in [3.8, 4) is 11.1 Å². The van der Waals surface area contributed by atoms with Crippen molar-refractivity contribution in [2.24, 2.45) is 5.92 Å². The number of β-amino-alcohol motifs (C(OH)–C–C–N with tert-alkyl or cyclic N) is 1. The Morgan fingerprint density at radius 2 is 1.65 bits per heavy atom. The second-order valence-corrected chi connectivity index (χ2v) is 6.66. The number of aliphatic hydroxyl groups excluding tert-OH is 1. The van der Waals surface area contributed by atoms with Crippen LogP contribution in [0.1, 0.15) is 23.2 Å². The van der Waals surface area contributed by atoms with Gasteiger partial charge in [0.1, 0.15) is 0 Å². The molecule has 1 saturated heterocycles. The zero-order valence-corrected chi connectivity index (χ0v) is 14.7. The topological polar surface area (TPSA) is 78.4 Å². The van der Waals surface area contributed by atoms with E-state index in [4.69, 9.17) is 0 Å². The molecule has 0 spiro atoms. The van der Waals surface area contributed by atoms with Crippen LogP contribution in [0.2, 0.25) is 0 Å².